The fourth-order valence-corrected chi connectivity index (χ4v) is 1.97. The molecule has 0 aliphatic carbocycles. The summed E-state index contributed by atoms with van der Waals surface area (Å²) in [6, 6.07) is 7.90. The zero-order valence-corrected chi connectivity index (χ0v) is 12.5. The molecule has 1 rings (SSSR count). The van der Waals surface area contributed by atoms with Gasteiger partial charge in [-0.1, -0.05) is 18.2 Å². The Morgan fingerprint density at radius 3 is 2.48 bits per heavy atom. The van der Waals surface area contributed by atoms with E-state index in [9.17, 15) is 13.2 Å². The van der Waals surface area contributed by atoms with Crippen molar-refractivity contribution in [2.24, 2.45) is 0 Å². The molecule has 6 heteroatoms. The monoisotopic (exact) mass is 304 g/mol. The molecule has 0 saturated heterocycles. The third kappa shape index (κ3) is 7.34. The number of anilines is 1. The Morgan fingerprint density at radius 1 is 1.24 bits per heavy atom. The van der Waals surface area contributed by atoms with Gasteiger partial charge in [0.1, 0.15) is 6.61 Å². The summed E-state index contributed by atoms with van der Waals surface area (Å²) in [5.41, 5.74) is 7.68. The Labute approximate surface area is 123 Å². The highest BCUT2D eigenvalue weighted by molar-refractivity contribution is 5.46. The van der Waals surface area contributed by atoms with Crippen molar-refractivity contribution in [2.45, 2.75) is 39.0 Å². The molecule has 0 radical (unpaired) electrons. The molecule has 0 fully saturated rings. The minimum atomic E-state index is -4.25. The molecule has 0 bridgehead atoms. The molecule has 0 aromatic heterocycles. The van der Waals surface area contributed by atoms with Crippen LogP contribution in [-0.2, 0) is 11.3 Å². The number of nitrogens with zero attached hydrogens (tertiary/aromatic N) is 1. The van der Waals surface area contributed by atoms with Crippen LogP contribution in [0.1, 0.15) is 25.8 Å². The van der Waals surface area contributed by atoms with Crippen LogP contribution >= 0.6 is 0 Å². The first-order chi connectivity index (χ1) is 9.79. The third-order valence-electron chi connectivity index (χ3n) is 3.16. The Hall–Kier alpha value is -1.27. The molecule has 0 saturated carbocycles. The van der Waals surface area contributed by atoms with E-state index in [4.69, 9.17) is 5.73 Å². The first-order valence-corrected chi connectivity index (χ1v) is 7.01. The van der Waals surface area contributed by atoms with Gasteiger partial charge in [0, 0.05) is 31.4 Å². The summed E-state index contributed by atoms with van der Waals surface area (Å²) in [6.45, 7) is 4.38. The summed E-state index contributed by atoms with van der Waals surface area (Å²) in [6.07, 6.45) is -3.70. The molecular formula is C15H23F3N2O. The van der Waals surface area contributed by atoms with E-state index in [1.54, 1.807) is 0 Å². The summed E-state index contributed by atoms with van der Waals surface area (Å²) in [4.78, 5) is 2.17. The quantitative estimate of drug-likeness (QED) is 0.590. The number of para-hydroxylation sites is 1. The maximum Gasteiger partial charge on any atom is 0.411 e. The number of ether oxygens (including phenoxy) is 1. The summed E-state index contributed by atoms with van der Waals surface area (Å²) < 4.78 is 40.5. The lowest BCUT2D eigenvalue weighted by Gasteiger charge is -2.27. The van der Waals surface area contributed by atoms with E-state index in [0.717, 1.165) is 11.3 Å². The van der Waals surface area contributed by atoms with Gasteiger partial charge in [-0.05, 0) is 31.9 Å². The first kappa shape index (κ1) is 17.8. The lowest BCUT2D eigenvalue weighted by atomic mass is 10.1. The Kier molecular flexibility index (Phi) is 6.98. The molecule has 1 aromatic rings. The van der Waals surface area contributed by atoms with Gasteiger partial charge in [-0.15, -0.1) is 0 Å². The molecule has 21 heavy (non-hydrogen) atoms. The van der Waals surface area contributed by atoms with Crippen molar-refractivity contribution in [2.75, 3.05) is 25.5 Å². The van der Waals surface area contributed by atoms with Gasteiger partial charge < -0.3 is 10.5 Å². The predicted octanol–water partition coefficient (Wildman–Crippen LogP) is 3.45. The van der Waals surface area contributed by atoms with Gasteiger partial charge in [-0.3, -0.25) is 4.90 Å². The largest absolute Gasteiger partial charge is 0.411 e. The van der Waals surface area contributed by atoms with Crippen LogP contribution in [-0.4, -0.2) is 36.9 Å². The average molecular weight is 304 g/mol. The second-order valence-corrected chi connectivity index (χ2v) is 5.28. The van der Waals surface area contributed by atoms with E-state index in [1.807, 2.05) is 24.3 Å². The number of hydrogen-bond acceptors (Lipinski definition) is 3. The highest BCUT2D eigenvalue weighted by atomic mass is 19.4. The van der Waals surface area contributed by atoms with Crippen LogP contribution in [0, 0.1) is 0 Å². The van der Waals surface area contributed by atoms with Crippen LogP contribution in [0.25, 0.3) is 0 Å². The van der Waals surface area contributed by atoms with Crippen LogP contribution in [0.4, 0.5) is 18.9 Å². The summed E-state index contributed by atoms with van der Waals surface area (Å²) in [7, 11) is 0. The van der Waals surface area contributed by atoms with Crippen LogP contribution in [0.15, 0.2) is 24.3 Å². The average Bonchev–Trinajstić information content (AvgIpc) is 2.37. The number of hydrogen-bond donors (Lipinski definition) is 1. The first-order valence-electron chi connectivity index (χ1n) is 7.01. The molecule has 0 aliphatic rings. The molecule has 2 N–H and O–H groups in total. The number of benzene rings is 1. The SMILES string of the molecule is CC(C)N(CCCOCC(F)(F)F)Cc1ccccc1N. The second-order valence-electron chi connectivity index (χ2n) is 5.28. The molecule has 0 spiro atoms. The van der Waals surface area contributed by atoms with Crippen molar-refractivity contribution >= 4 is 5.69 Å². The van der Waals surface area contributed by atoms with Crippen LogP contribution in [0.5, 0.6) is 0 Å². The molecule has 0 heterocycles. The van der Waals surface area contributed by atoms with E-state index in [0.29, 0.717) is 19.5 Å². The van der Waals surface area contributed by atoms with Crippen LogP contribution in [0.2, 0.25) is 0 Å². The number of rotatable bonds is 8. The molecule has 3 nitrogen and oxygen atoms in total. The van der Waals surface area contributed by atoms with Crippen molar-refractivity contribution in [3.63, 3.8) is 0 Å². The van der Waals surface area contributed by atoms with Gasteiger partial charge in [0.25, 0.3) is 0 Å². The van der Waals surface area contributed by atoms with E-state index in [-0.39, 0.29) is 12.6 Å². The Bertz CT molecular complexity index is 422. The lowest BCUT2D eigenvalue weighted by Crippen LogP contribution is -2.32. The van der Waals surface area contributed by atoms with Crippen molar-refractivity contribution < 1.29 is 17.9 Å². The molecule has 0 aliphatic heterocycles. The van der Waals surface area contributed by atoms with Gasteiger partial charge in [-0.2, -0.15) is 13.2 Å². The number of nitrogens with two attached hydrogens (primary N) is 1. The molecule has 0 amide bonds. The standard InChI is InChI=1S/C15H23F3N2O/c1-12(2)20(8-5-9-21-11-15(16,17)18)10-13-6-3-4-7-14(13)19/h3-4,6-7,12H,5,8-11,19H2,1-2H3. The summed E-state index contributed by atoms with van der Waals surface area (Å²) in [5.74, 6) is 0. The van der Waals surface area contributed by atoms with Gasteiger partial charge >= 0.3 is 6.18 Å². The molecule has 0 atom stereocenters. The second kappa shape index (κ2) is 8.24. The number of nitrogen functional groups attached to an aromatic ring is 1. The topological polar surface area (TPSA) is 38.5 Å². The normalized spacial score (nSPS) is 12.3. The highest BCUT2D eigenvalue weighted by Crippen LogP contribution is 2.16. The van der Waals surface area contributed by atoms with Crippen molar-refractivity contribution in [3.8, 4) is 0 Å². The zero-order valence-electron chi connectivity index (χ0n) is 12.5. The van der Waals surface area contributed by atoms with Crippen molar-refractivity contribution in [1.29, 1.82) is 0 Å². The van der Waals surface area contributed by atoms with E-state index in [1.165, 1.54) is 0 Å². The number of alkyl halides is 3. The van der Waals surface area contributed by atoms with Gasteiger partial charge in [0.15, 0.2) is 0 Å². The minimum Gasteiger partial charge on any atom is -0.398 e. The molecule has 0 unspecified atom stereocenters. The van der Waals surface area contributed by atoms with Crippen LogP contribution in [0.3, 0.4) is 0 Å². The molecule has 120 valence electrons. The molecular weight excluding hydrogens is 281 g/mol. The van der Waals surface area contributed by atoms with E-state index < -0.39 is 12.8 Å². The van der Waals surface area contributed by atoms with Gasteiger partial charge in [-0.25, -0.2) is 0 Å². The van der Waals surface area contributed by atoms with E-state index in [2.05, 4.69) is 23.5 Å². The third-order valence-corrected chi connectivity index (χ3v) is 3.16. The summed E-state index contributed by atoms with van der Waals surface area (Å²) >= 11 is 0. The highest BCUT2D eigenvalue weighted by Gasteiger charge is 2.27. The zero-order chi connectivity index (χ0) is 15.9. The minimum absolute atomic E-state index is 0.104. The number of halogens is 3. The Balaban J connectivity index is 2.39. The lowest BCUT2D eigenvalue weighted by molar-refractivity contribution is -0.174. The fraction of sp³-hybridized carbons (Fsp3) is 0.600. The maximum atomic E-state index is 12.0. The van der Waals surface area contributed by atoms with Crippen molar-refractivity contribution in [1.82, 2.24) is 4.90 Å². The predicted molar refractivity (Wildman–Crippen MR) is 77.9 cm³/mol. The van der Waals surface area contributed by atoms with Crippen molar-refractivity contribution in [3.05, 3.63) is 29.8 Å². The van der Waals surface area contributed by atoms with Gasteiger partial charge in [0.2, 0.25) is 0 Å². The van der Waals surface area contributed by atoms with Gasteiger partial charge in [0.05, 0.1) is 0 Å². The Morgan fingerprint density at radius 2 is 1.90 bits per heavy atom. The molecule has 1 aromatic carbocycles. The maximum absolute atomic E-state index is 12.0. The summed E-state index contributed by atoms with van der Waals surface area (Å²) in [5, 5.41) is 0. The smallest absolute Gasteiger partial charge is 0.398 e. The fourth-order valence-electron chi connectivity index (χ4n) is 1.97. The van der Waals surface area contributed by atoms with E-state index >= 15 is 0 Å². The van der Waals surface area contributed by atoms with Crippen LogP contribution < -0.4 is 5.73 Å².